The third-order valence-electron chi connectivity index (χ3n) is 4.74. The van der Waals surface area contributed by atoms with Crippen molar-refractivity contribution in [3.8, 4) is 0 Å². The molecule has 29 heavy (non-hydrogen) atoms. The number of nitro groups is 1. The molecular formula is C21H22N2O5S. The van der Waals surface area contributed by atoms with E-state index in [1.165, 1.54) is 35.6 Å². The van der Waals surface area contributed by atoms with Crippen molar-refractivity contribution in [2.45, 2.75) is 33.1 Å². The number of esters is 1. The summed E-state index contributed by atoms with van der Waals surface area (Å²) in [4.78, 5) is 36.4. The minimum atomic E-state index is -0.486. The molecule has 1 aromatic heterocycles. The lowest BCUT2D eigenvalue weighted by Crippen LogP contribution is -2.15. The number of carbonyl (C=O) groups excluding carboxylic acids is 2. The molecule has 2 aromatic rings. The van der Waals surface area contributed by atoms with Crippen molar-refractivity contribution in [2.75, 3.05) is 11.9 Å². The highest BCUT2D eigenvalue weighted by Crippen LogP contribution is 2.40. The van der Waals surface area contributed by atoms with Gasteiger partial charge in [0.25, 0.3) is 5.69 Å². The Morgan fingerprint density at radius 1 is 1.41 bits per heavy atom. The first-order valence-corrected chi connectivity index (χ1v) is 10.3. The number of hydrogen-bond donors (Lipinski definition) is 1. The summed E-state index contributed by atoms with van der Waals surface area (Å²) in [6, 6.07) is 6.01. The second kappa shape index (κ2) is 9.00. The van der Waals surface area contributed by atoms with Gasteiger partial charge in [-0.3, -0.25) is 14.9 Å². The first-order valence-electron chi connectivity index (χ1n) is 9.44. The Hall–Kier alpha value is -3.00. The fourth-order valence-corrected chi connectivity index (χ4v) is 4.73. The summed E-state index contributed by atoms with van der Waals surface area (Å²) < 4.78 is 5.20. The normalized spacial score (nSPS) is 15.7. The van der Waals surface area contributed by atoms with Gasteiger partial charge in [-0.15, -0.1) is 11.3 Å². The molecule has 1 aliphatic carbocycles. The van der Waals surface area contributed by atoms with Crippen LogP contribution in [-0.2, 0) is 22.4 Å². The Morgan fingerprint density at radius 2 is 2.21 bits per heavy atom. The van der Waals surface area contributed by atoms with Crippen molar-refractivity contribution in [2.24, 2.45) is 5.92 Å². The number of nitrogens with zero attached hydrogens (tertiary/aromatic N) is 1. The molecule has 0 bridgehead atoms. The van der Waals surface area contributed by atoms with E-state index in [-0.39, 0.29) is 12.3 Å². The fourth-order valence-electron chi connectivity index (χ4n) is 3.33. The zero-order valence-corrected chi connectivity index (χ0v) is 17.1. The number of nitro benzene ring substituents is 1. The number of non-ortho nitro benzene ring substituents is 1. The monoisotopic (exact) mass is 414 g/mol. The number of nitrogens with one attached hydrogen (secondary N) is 1. The van der Waals surface area contributed by atoms with E-state index in [1.807, 2.05) is 0 Å². The van der Waals surface area contributed by atoms with Gasteiger partial charge in [-0.2, -0.15) is 0 Å². The molecule has 1 aromatic carbocycles. The van der Waals surface area contributed by atoms with Crippen molar-refractivity contribution in [3.63, 3.8) is 0 Å². The maximum atomic E-state index is 12.5. The molecule has 0 aliphatic heterocycles. The van der Waals surface area contributed by atoms with E-state index in [4.69, 9.17) is 4.74 Å². The van der Waals surface area contributed by atoms with Crippen LogP contribution in [0.4, 0.5) is 10.7 Å². The maximum absolute atomic E-state index is 12.5. The molecule has 0 spiro atoms. The van der Waals surface area contributed by atoms with Crippen LogP contribution in [0.25, 0.3) is 6.08 Å². The second-order valence-corrected chi connectivity index (χ2v) is 8.06. The smallest absolute Gasteiger partial charge is 0.341 e. The summed E-state index contributed by atoms with van der Waals surface area (Å²) in [6.45, 7) is 4.19. The first kappa shape index (κ1) is 20.7. The predicted molar refractivity (Wildman–Crippen MR) is 112 cm³/mol. The number of hydrogen-bond acceptors (Lipinski definition) is 6. The van der Waals surface area contributed by atoms with Gasteiger partial charge in [0, 0.05) is 23.1 Å². The molecule has 3 rings (SSSR count). The van der Waals surface area contributed by atoms with Gasteiger partial charge in [0.15, 0.2) is 0 Å². The number of thiophene rings is 1. The van der Waals surface area contributed by atoms with Gasteiger partial charge in [0.2, 0.25) is 5.91 Å². The van der Waals surface area contributed by atoms with Crippen molar-refractivity contribution in [1.29, 1.82) is 0 Å². The molecule has 0 fully saturated rings. The van der Waals surface area contributed by atoms with E-state index in [9.17, 15) is 19.7 Å². The topological polar surface area (TPSA) is 98.5 Å². The summed E-state index contributed by atoms with van der Waals surface area (Å²) in [5.74, 6) is -0.292. The third kappa shape index (κ3) is 4.89. The van der Waals surface area contributed by atoms with Crippen LogP contribution in [0.5, 0.6) is 0 Å². The zero-order chi connectivity index (χ0) is 21.0. The highest BCUT2D eigenvalue weighted by molar-refractivity contribution is 7.17. The van der Waals surface area contributed by atoms with E-state index in [0.717, 1.165) is 29.7 Å². The number of benzene rings is 1. The molecule has 0 radical (unpaired) electrons. The van der Waals surface area contributed by atoms with Crippen LogP contribution in [0.2, 0.25) is 0 Å². The van der Waals surface area contributed by atoms with Crippen LogP contribution >= 0.6 is 11.3 Å². The Balaban J connectivity index is 1.82. The summed E-state index contributed by atoms with van der Waals surface area (Å²) in [7, 11) is 0. The summed E-state index contributed by atoms with van der Waals surface area (Å²) in [5, 5.41) is 14.2. The third-order valence-corrected chi connectivity index (χ3v) is 5.91. The molecule has 1 N–H and O–H groups in total. The molecule has 7 nitrogen and oxygen atoms in total. The molecular weight excluding hydrogens is 392 g/mol. The van der Waals surface area contributed by atoms with Gasteiger partial charge in [0.1, 0.15) is 5.00 Å². The van der Waals surface area contributed by atoms with E-state index in [2.05, 4.69) is 12.2 Å². The predicted octanol–water partition coefficient (Wildman–Crippen LogP) is 4.61. The lowest BCUT2D eigenvalue weighted by molar-refractivity contribution is -0.384. The first-order chi connectivity index (χ1) is 13.9. The molecule has 0 saturated heterocycles. The number of ether oxygens (including phenoxy) is 1. The largest absolute Gasteiger partial charge is 0.462 e. The molecule has 152 valence electrons. The van der Waals surface area contributed by atoms with Crippen molar-refractivity contribution < 1.29 is 19.2 Å². The Morgan fingerprint density at radius 3 is 2.93 bits per heavy atom. The molecule has 1 aliphatic rings. The minimum Gasteiger partial charge on any atom is -0.462 e. The van der Waals surface area contributed by atoms with Crippen LogP contribution in [0.15, 0.2) is 30.3 Å². The Kier molecular flexibility index (Phi) is 6.43. The molecule has 1 atom stereocenters. The maximum Gasteiger partial charge on any atom is 0.341 e. The molecule has 8 heteroatoms. The SMILES string of the molecule is CCOC(=O)c1c(NC(=O)/C=C/c2cccc([N+](=O)[O-])c2)sc2c1CCC(C)C2. The standard InChI is InChI=1S/C21H22N2O5S/c1-3-28-21(25)19-16-9-7-13(2)11-17(16)29-20(19)22-18(24)10-8-14-5-4-6-15(12-14)23(26)27/h4-6,8,10,12-13H,3,7,9,11H2,1-2H3,(H,22,24)/b10-8+. The Labute approximate surface area is 172 Å². The average molecular weight is 414 g/mol. The van der Waals surface area contributed by atoms with Crippen LogP contribution < -0.4 is 5.32 Å². The van der Waals surface area contributed by atoms with Crippen LogP contribution in [0, 0.1) is 16.0 Å². The quantitative estimate of drug-likeness (QED) is 0.322. The molecule has 0 saturated carbocycles. The molecule has 1 unspecified atom stereocenters. The van der Waals surface area contributed by atoms with Gasteiger partial charge in [0.05, 0.1) is 17.1 Å². The van der Waals surface area contributed by atoms with E-state index in [1.54, 1.807) is 19.1 Å². The number of carbonyl (C=O) groups is 2. The van der Waals surface area contributed by atoms with Gasteiger partial charge >= 0.3 is 5.97 Å². The average Bonchev–Trinajstić information content (AvgIpc) is 3.03. The summed E-state index contributed by atoms with van der Waals surface area (Å²) >= 11 is 1.42. The highest BCUT2D eigenvalue weighted by atomic mass is 32.1. The zero-order valence-electron chi connectivity index (χ0n) is 16.3. The van der Waals surface area contributed by atoms with Crippen molar-refractivity contribution in [3.05, 3.63) is 62.0 Å². The van der Waals surface area contributed by atoms with E-state index in [0.29, 0.717) is 22.0 Å². The van der Waals surface area contributed by atoms with Gasteiger partial charge in [-0.1, -0.05) is 19.1 Å². The Bertz CT molecular complexity index is 979. The second-order valence-electron chi connectivity index (χ2n) is 6.95. The summed E-state index contributed by atoms with van der Waals surface area (Å²) in [6.07, 6.45) is 5.47. The lowest BCUT2D eigenvalue weighted by Gasteiger charge is -2.18. The van der Waals surface area contributed by atoms with Crippen LogP contribution in [0.1, 0.15) is 46.6 Å². The number of rotatable bonds is 6. The lowest BCUT2D eigenvalue weighted by atomic mass is 9.88. The van der Waals surface area contributed by atoms with Crippen LogP contribution in [-0.4, -0.2) is 23.4 Å². The van der Waals surface area contributed by atoms with E-state index >= 15 is 0 Å². The van der Waals surface area contributed by atoms with Gasteiger partial charge in [-0.25, -0.2) is 4.79 Å². The number of fused-ring (bicyclic) bond motifs is 1. The van der Waals surface area contributed by atoms with Gasteiger partial charge < -0.3 is 10.1 Å². The number of amides is 1. The van der Waals surface area contributed by atoms with Crippen LogP contribution in [0.3, 0.4) is 0 Å². The highest BCUT2D eigenvalue weighted by Gasteiger charge is 2.28. The fraction of sp³-hybridized carbons (Fsp3) is 0.333. The minimum absolute atomic E-state index is 0.0443. The van der Waals surface area contributed by atoms with E-state index < -0.39 is 16.8 Å². The molecule has 1 heterocycles. The molecule has 1 amide bonds. The summed E-state index contributed by atoms with van der Waals surface area (Å²) in [5.41, 5.74) is 1.93. The van der Waals surface area contributed by atoms with Crippen molar-refractivity contribution in [1.82, 2.24) is 0 Å². The van der Waals surface area contributed by atoms with Crippen molar-refractivity contribution >= 4 is 40.0 Å². The van der Waals surface area contributed by atoms with Gasteiger partial charge in [-0.05, 0) is 49.3 Å². The number of anilines is 1.